The molecule has 1 heterocycles. The minimum atomic E-state index is -0.343. The fourth-order valence-corrected chi connectivity index (χ4v) is 3.57. The number of aromatic nitrogens is 1. The highest BCUT2D eigenvalue weighted by Gasteiger charge is 2.19. The van der Waals surface area contributed by atoms with E-state index >= 15 is 0 Å². The zero-order valence-electron chi connectivity index (χ0n) is 16.8. The van der Waals surface area contributed by atoms with E-state index in [1.54, 1.807) is 18.2 Å². The lowest BCUT2D eigenvalue weighted by molar-refractivity contribution is 0.103. The average Bonchev–Trinajstić information content (AvgIpc) is 2.79. The monoisotopic (exact) mass is 399 g/mol. The first kappa shape index (κ1) is 19.5. The third-order valence-corrected chi connectivity index (χ3v) is 5.13. The van der Waals surface area contributed by atoms with Crippen molar-refractivity contribution in [1.82, 2.24) is 4.98 Å². The Balaban J connectivity index is 1.79. The summed E-state index contributed by atoms with van der Waals surface area (Å²) in [7, 11) is 3.04. The van der Waals surface area contributed by atoms with Gasteiger partial charge in [0, 0.05) is 17.8 Å². The second-order valence-electron chi connectivity index (χ2n) is 6.93. The fourth-order valence-electron chi connectivity index (χ4n) is 3.57. The molecule has 1 aromatic heterocycles. The molecule has 5 heteroatoms. The number of ketones is 1. The van der Waals surface area contributed by atoms with E-state index in [1.165, 1.54) is 20.4 Å². The number of pyridine rings is 1. The van der Waals surface area contributed by atoms with Crippen LogP contribution in [0.3, 0.4) is 0 Å². The summed E-state index contributed by atoms with van der Waals surface area (Å²) in [6.07, 6.45) is 2.08. The van der Waals surface area contributed by atoms with Crippen LogP contribution < -0.4 is 14.9 Å². The van der Waals surface area contributed by atoms with Gasteiger partial charge < -0.3 is 14.5 Å². The molecule has 0 bridgehead atoms. The number of rotatable bonds is 6. The Morgan fingerprint density at radius 1 is 0.867 bits per heavy atom. The number of carbonyl (C=O) groups excluding carboxylic acids is 1. The molecule has 30 heavy (non-hydrogen) atoms. The van der Waals surface area contributed by atoms with E-state index in [-0.39, 0.29) is 16.8 Å². The standard InChI is InChI=1S/C25H21NO4/c1-29-22-13-19-21(14-23(22)30-2)26-15-20(25(19)28)24(27)18-11-7-6-10-17(18)12-16-8-4-3-5-9-16/h3-11,13-15H,12H2,1-2H3,(H,26,28). The minimum Gasteiger partial charge on any atom is -0.493 e. The maximum atomic E-state index is 13.3. The zero-order valence-corrected chi connectivity index (χ0v) is 16.8. The van der Waals surface area contributed by atoms with Crippen LogP contribution >= 0.6 is 0 Å². The fraction of sp³-hybridized carbons (Fsp3) is 0.120. The van der Waals surface area contributed by atoms with Crippen molar-refractivity contribution in [2.24, 2.45) is 0 Å². The molecule has 5 nitrogen and oxygen atoms in total. The molecule has 0 aliphatic carbocycles. The summed E-state index contributed by atoms with van der Waals surface area (Å²) in [6.45, 7) is 0. The van der Waals surface area contributed by atoms with E-state index in [9.17, 15) is 9.59 Å². The zero-order chi connectivity index (χ0) is 21.1. The highest BCUT2D eigenvalue weighted by molar-refractivity contribution is 6.11. The Kier molecular flexibility index (Phi) is 5.35. The number of carbonyl (C=O) groups is 1. The summed E-state index contributed by atoms with van der Waals surface area (Å²) < 4.78 is 10.6. The molecule has 3 aromatic carbocycles. The number of methoxy groups -OCH3 is 2. The van der Waals surface area contributed by atoms with Crippen LogP contribution in [-0.4, -0.2) is 25.0 Å². The normalized spacial score (nSPS) is 10.7. The Morgan fingerprint density at radius 3 is 2.27 bits per heavy atom. The molecule has 0 radical (unpaired) electrons. The lowest BCUT2D eigenvalue weighted by Gasteiger charge is -2.11. The highest BCUT2D eigenvalue weighted by atomic mass is 16.5. The Morgan fingerprint density at radius 2 is 1.53 bits per heavy atom. The number of hydrogen-bond donors (Lipinski definition) is 1. The topological polar surface area (TPSA) is 68.4 Å². The molecule has 0 amide bonds. The summed E-state index contributed by atoms with van der Waals surface area (Å²) in [4.78, 5) is 29.5. The molecule has 1 N–H and O–H groups in total. The van der Waals surface area contributed by atoms with Gasteiger partial charge in [0.1, 0.15) is 0 Å². The molecule has 0 aliphatic rings. The largest absolute Gasteiger partial charge is 0.493 e. The van der Waals surface area contributed by atoms with Crippen molar-refractivity contribution in [2.45, 2.75) is 6.42 Å². The van der Waals surface area contributed by atoms with Gasteiger partial charge in [0.2, 0.25) is 5.43 Å². The second kappa shape index (κ2) is 8.25. The van der Waals surface area contributed by atoms with E-state index in [1.807, 2.05) is 48.5 Å². The molecule has 0 saturated carbocycles. The van der Waals surface area contributed by atoms with Gasteiger partial charge in [-0.25, -0.2) is 0 Å². The first-order valence-electron chi connectivity index (χ1n) is 9.56. The predicted octanol–water partition coefficient (Wildman–Crippen LogP) is 4.37. The molecular weight excluding hydrogens is 378 g/mol. The number of fused-ring (bicyclic) bond motifs is 1. The third-order valence-electron chi connectivity index (χ3n) is 5.13. The minimum absolute atomic E-state index is 0.0928. The van der Waals surface area contributed by atoms with Crippen LogP contribution in [0.4, 0.5) is 0 Å². The van der Waals surface area contributed by atoms with Gasteiger partial charge in [-0.3, -0.25) is 9.59 Å². The van der Waals surface area contributed by atoms with Crippen LogP contribution in [0.5, 0.6) is 11.5 Å². The van der Waals surface area contributed by atoms with Crippen LogP contribution in [0, 0.1) is 0 Å². The summed E-state index contributed by atoms with van der Waals surface area (Å²) in [5.74, 6) is 0.636. The van der Waals surface area contributed by atoms with Gasteiger partial charge in [-0.1, -0.05) is 54.6 Å². The molecule has 0 spiro atoms. The molecule has 0 aliphatic heterocycles. The SMILES string of the molecule is COc1cc2[nH]cc(C(=O)c3ccccc3Cc3ccccc3)c(=O)c2cc1OC. The summed E-state index contributed by atoms with van der Waals surface area (Å²) in [5, 5.41) is 0.374. The van der Waals surface area contributed by atoms with E-state index in [4.69, 9.17) is 9.47 Å². The quantitative estimate of drug-likeness (QED) is 0.489. The van der Waals surface area contributed by atoms with Crippen molar-refractivity contribution in [2.75, 3.05) is 14.2 Å². The maximum absolute atomic E-state index is 13.3. The Hall–Kier alpha value is -3.86. The number of nitrogens with one attached hydrogen (secondary N) is 1. The summed E-state index contributed by atoms with van der Waals surface area (Å²) in [6, 6.07) is 20.6. The summed E-state index contributed by atoms with van der Waals surface area (Å²) in [5.41, 5.74) is 2.82. The van der Waals surface area contributed by atoms with Crippen LogP contribution in [0.1, 0.15) is 27.0 Å². The average molecular weight is 399 g/mol. The maximum Gasteiger partial charge on any atom is 0.200 e. The smallest absolute Gasteiger partial charge is 0.200 e. The third kappa shape index (κ3) is 3.57. The lowest BCUT2D eigenvalue weighted by atomic mass is 9.94. The van der Waals surface area contributed by atoms with Crippen LogP contribution in [0.25, 0.3) is 10.9 Å². The molecule has 0 atom stereocenters. The molecule has 150 valence electrons. The van der Waals surface area contributed by atoms with E-state index < -0.39 is 0 Å². The van der Waals surface area contributed by atoms with Crippen molar-refractivity contribution < 1.29 is 14.3 Å². The van der Waals surface area contributed by atoms with Gasteiger partial charge in [-0.05, 0) is 23.6 Å². The molecule has 0 fully saturated rings. The van der Waals surface area contributed by atoms with Crippen LogP contribution in [0.2, 0.25) is 0 Å². The number of aromatic amines is 1. The number of H-pyrrole nitrogens is 1. The number of ether oxygens (including phenoxy) is 2. The predicted molar refractivity (Wildman–Crippen MR) is 117 cm³/mol. The molecule has 0 saturated heterocycles. The van der Waals surface area contributed by atoms with Gasteiger partial charge in [-0.2, -0.15) is 0 Å². The number of benzene rings is 3. The molecule has 0 unspecified atom stereocenters. The van der Waals surface area contributed by atoms with Gasteiger partial charge in [0.05, 0.1) is 30.7 Å². The van der Waals surface area contributed by atoms with Crippen molar-refractivity contribution in [3.05, 3.63) is 105 Å². The molecule has 4 rings (SSSR count). The Labute approximate surface area is 173 Å². The van der Waals surface area contributed by atoms with Crippen molar-refractivity contribution in [3.63, 3.8) is 0 Å². The van der Waals surface area contributed by atoms with Crippen LogP contribution in [0.15, 0.2) is 77.7 Å². The molecular formula is C25H21NO4. The second-order valence-corrected chi connectivity index (χ2v) is 6.93. The summed E-state index contributed by atoms with van der Waals surface area (Å²) >= 11 is 0. The van der Waals surface area contributed by atoms with Crippen molar-refractivity contribution in [3.8, 4) is 11.5 Å². The Bertz CT molecular complexity index is 1280. The first-order valence-corrected chi connectivity index (χ1v) is 9.56. The van der Waals surface area contributed by atoms with Gasteiger partial charge >= 0.3 is 0 Å². The van der Waals surface area contributed by atoms with Crippen molar-refractivity contribution >= 4 is 16.7 Å². The van der Waals surface area contributed by atoms with E-state index in [0.29, 0.717) is 34.4 Å². The van der Waals surface area contributed by atoms with Gasteiger partial charge in [-0.15, -0.1) is 0 Å². The van der Waals surface area contributed by atoms with Crippen molar-refractivity contribution in [1.29, 1.82) is 0 Å². The van der Waals surface area contributed by atoms with Crippen LogP contribution in [-0.2, 0) is 6.42 Å². The van der Waals surface area contributed by atoms with E-state index in [0.717, 1.165) is 11.1 Å². The lowest BCUT2D eigenvalue weighted by Crippen LogP contribution is -2.18. The van der Waals surface area contributed by atoms with Gasteiger partial charge in [0.15, 0.2) is 17.3 Å². The van der Waals surface area contributed by atoms with E-state index in [2.05, 4.69) is 4.98 Å². The highest BCUT2D eigenvalue weighted by Crippen LogP contribution is 2.30. The van der Waals surface area contributed by atoms with Gasteiger partial charge in [0.25, 0.3) is 0 Å². The first-order chi connectivity index (χ1) is 14.6. The number of hydrogen-bond acceptors (Lipinski definition) is 4. The molecule has 4 aromatic rings.